The molecule has 2 aromatic carbocycles. The molecule has 0 aliphatic carbocycles. The van der Waals surface area contributed by atoms with Crippen molar-refractivity contribution >= 4 is 27.3 Å². The van der Waals surface area contributed by atoms with E-state index in [9.17, 15) is 13.2 Å². The minimum absolute atomic E-state index is 0.359. The SMILES string of the molecule is COc1ccc(/C(C)=N/NC(=O)CN(c2cccc(C)c2)S(C)(=O)=O)cc1. The number of hydrogen-bond donors (Lipinski definition) is 1. The molecule has 0 bridgehead atoms. The van der Waals surface area contributed by atoms with Gasteiger partial charge in [0.1, 0.15) is 12.3 Å². The molecule has 1 N–H and O–H groups in total. The van der Waals surface area contributed by atoms with Crippen molar-refractivity contribution in [3.8, 4) is 5.75 Å². The molecule has 0 fully saturated rings. The highest BCUT2D eigenvalue weighted by Crippen LogP contribution is 2.18. The van der Waals surface area contributed by atoms with Gasteiger partial charge in [-0.3, -0.25) is 9.10 Å². The van der Waals surface area contributed by atoms with Crippen LogP contribution in [0.2, 0.25) is 0 Å². The number of hydrazone groups is 1. The lowest BCUT2D eigenvalue weighted by atomic mass is 10.1. The predicted octanol–water partition coefficient (Wildman–Crippen LogP) is 2.31. The van der Waals surface area contributed by atoms with E-state index in [-0.39, 0.29) is 6.54 Å². The van der Waals surface area contributed by atoms with Crippen LogP contribution in [0.15, 0.2) is 53.6 Å². The molecule has 8 heteroatoms. The fourth-order valence-electron chi connectivity index (χ4n) is 2.39. The number of anilines is 1. The first-order valence-electron chi connectivity index (χ1n) is 8.22. The van der Waals surface area contributed by atoms with Crippen LogP contribution in [0.1, 0.15) is 18.1 Å². The van der Waals surface area contributed by atoms with Crippen LogP contribution in [-0.4, -0.2) is 39.9 Å². The number of carbonyl (C=O) groups excluding carboxylic acids is 1. The minimum Gasteiger partial charge on any atom is -0.497 e. The topological polar surface area (TPSA) is 88.1 Å². The summed E-state index contributed by atoms with van der Waals surface area (Å²) < 4.78 is 30.3. The predicted molar refractivity (Wildman–Crippen MR) is 107 cm³/mol. The first-order valence-corrected chi connectivity index (χ1v) is 10.1. The monoisotopic (exact) mass is 389 g/mol. The number of benzene rings is 2. The van der Waals surface area contributed by atoms with E-state index < -0.39 is 15.9 Å². The molecule has 0 spiro atoms. The second-order valence-corrected chi connectivity index (χ2v) is 7.98. The first-order chi connectivity index (χ1) is 12.7. The summed E-state index contributed by atoms with van der Waals surface area (Å²) in [5, 5.41) is 4.05. The van der Waals surface area contributed by atoms with Crippen LogP contribution in [0.25, 0.3) is 0 Å². The summed E-state index contributed by atoms with van der Waals surface area (Å²) in [7, 11) is -2.04. The Hall–Kier alpha value is -2.87. The summed E-state index contributed by atoms with van der Waals surface area (Å²) in [6.45, 7) is 3.24. The van der Waals surface area contributed by atoms with E-state index in [0.717, 1.165) is 27.4 Å². The number of aryl methyl sites for hydroxylation is 1. The van der Waals surface area contributed by atoms with Crippen LogP contribution in [-0.2, 0) is 14.8 Å². The number of ether oxygens (including phenoxy) is 1. The average Bonchev–Trinajstić information content (AvgIpc) is 2.63. The minimum atomic E-state index is -3.62. The standard InChI is InChI=1S/C19H23N3O4S/c1-14-6-5-7-17(12-14)22(27(4,24)25)13-19(23)21-20-15(2)16-8-10-18(26-3)11-9-16/h5-12H,13H2,1-4H3,(H,21,23)/b20-15+. The molecule has 0 saturated heterocycles. The van der Waals surface area contributed by atoms with Gasteiger partial charge in [-0.1, -0.05) is 12.1 Å². The third kappa shape index (κ3) is 5.82. The molecule has 27 heavy (non-hydrogen) atoms. The summed E-state index contributed by atoms with van der Waals surface area (Å²) in [5.41, 5.74) is 5.14. The number of methoxy groups -OCH3 is 1. The number of sulfonamides is 1. The molecule has 0 radical (unpaired) electrons. The van der Waals surface area contributed by atoms with Gasteiger partial charge in [0.2, 0.25) is 10.0 Å². The van der Waals surface area contributed by atoms with E-state index in [1.54, 1.807) is 44.4 Å². The van der Waals surface area contributed by atoms with E-state index in [1.165, 1.54) is 0 Å². The highest BCUT2D eigenvalue weighted by Gasteiger charge is 2.20. The van der Waals surface area contributed by atoms with Crippen LogP contribution in [0, 0.1) is 6.92 Å². The van der Waals surface area contributed by atoms with Crippen LogP contribution < -0.4 is 14.5 Å². The van der Waals surface area contributed by atoms with Crippen molar-refractivity contribution < 1.29 is 17.9 Å². The highest BCUT2D eigenvalue weighted by molar-refractivity contribution is 7.92. The normalized spacial score (nSPS) is 11.8. The Morgan fingerprint density at radius 3 is 2.41 bits per heavy atom. The number of carbonyl (C=O) groups is 1. The van der Waals surface area contributed by atoms with Gasteiger partial charge in [0.25, 0.3) is 5.91 Å². The maximum absolute atomic E-state index is 12.3. The van der Waals surface area contributed by atoms with Gasteiger partial charge in [0.05, 0.1) is 24.8 Å². The van der Waals surface area contributed by atoms with Crippen LogP contribution >= 0.6 is 0 Å². The van der Waals surface area contributed by atoms with E-state index in [4.69, 9.17) is 4.74 Å². The van der Waals surface area contributed by atoms with Crippen LogP contribution in [0.3, 0.4) is 0 Å². The fourth-order valence-corrected chi connectivity index (χ4v) is 3.24. The van der Waals surface area contributed by atoms with Crippen LogP contribution in [0.5, 0.6) is 5.75 Å². The van der Waals surface area contributed by atoms with Gasteiger partial charge in [-0.05, 0) is 61.4 Å². The number of nitrogens with zero attached hydrogens (tertiary/aromatic N) is 2. The van der Waals surface area contributed by atoms with Crippen molar-refractivity contribution in [3.63, 3.8) is 0 Å². The molecule has 0 aliphatic heterocycles. The van der Waals surface area contributed by atoms with E-state index in [1.807, 2.05) is 25.1 Å². The van der Waals surface area contributed by atoms with E-state index in [0.29, 0.717) is 11.4 Å². The molecule has 0 unspecified atom stereocenters. The average molecular weight is 389 g/mol. The van der Waals surface area contributed by atoms with Gasteiger partial charge in [-0.2, -0.15) is 5.10 Å². The zero-order valence-electron chi connectivity index (χ0n) is 15.8. The molecule has 2 aromatic rings. The quantitative estimate of drug-likeness (QED) is 0.581. The fraction of sp³-hybridized carbons (Fsp3) is 0.263. The Morgan fingerprint density at radius 1 is 1.19 bits per heavy atom. The highest BCUT2D eigenvalue weighted by atomic mass is 32.2. The summed E-state index contributed by atoms with van der Waals surface area (Å²) >= 11 is 0. The lowest BCUT2D eigenvalue weighted by Gasteiger charge is -2.21. The molecule has 1 amide bonds. The van der Waals surface area contributed by atoms with Gasteiger partial charge in [-0.25, -0.2) is 13.8 Å². The third-order valence-corrected chi connectivity index (χ3v) is 4.97. The number of amides is 1. The summed E-state index contributed by atoms with van der Waals surface area (Å²) in [4.78, 5) is 12.3. The largest absolute Gasteiger partial charge is 0.497 e. The maximum atomic E-state index is 12.3. The molecule has 0 atom stereocenters. The van der Waals surface area contributed by atoms with Crippen molar-refractivity contribution in [2.24, 2.45) is 5.10 Å². The third-order valence-electron chi connectivity index (χ3n) is 3.83. The van der Waals surface area contributed by atoms with Crippen molar-refractivity contribution in [1.82, 2.24) is 5.43 Å². The van der Waals surface area contributed by atoms with Gasteiger partial charge in [0, 0.05) is 0 Å². The summed E-state index contributed by atoms with van der Waals surface area (Å²) in [6, 6.07) is 14.2. The molecule has 0 heterocycles. The lowest BCUT2D eigenvalue weighted by Crippen LogP contribution is -2.39. The molecular weight excluding hydrogens is 366 g/mol. The molecule has 2 rings (SSSR count). The Morgan fingerprint density at radius 2 is 1.85 bits per heavy atom. The zero-order valence-corrected chi connectivity index (χ0v) is 16.6. The van der Waals surface area contributed by atoms with E-state index in [2.05, 4.69) is 10.5 Å². The first kappa shape index (κ1) is 20.4. The molecule has 0 aromatic heterocycles. The zero-order chi connectivity index (χ0) is 20.0. The van der Waals surface area contributed by atoms with E-state index >= 15 is 0 Å². The van der Waals surface area contributed by atoms with Crippen molar-refractivity contribution in [3.05, 3.63) is 59.7 Å². The molecule has 7 nitrogen and oxygen atoms in total. The Bertz CT molecular complexity index is 938. The summed E-state index contributed by atoms with van der Waals surface area (Å²) in [5.74, 6) is 0.187. The molecule has 0 aliphatic rings. The van der Waals surface area contributed by atoms with Gasteiger partial charge in [-0.15, -0.1) is 0 Å². The lowest BCUT2D eigenvalue weighted by molar-refractivity contribution is -0.119. The number of rotatable bonds is 7. The molecular formula is C19H23N3O4S. The maximum Gasteiger partial charge on any atom is 0.260 e. The van der Waals surface area contributed by atoms with Crippen molar-refractivity contribution in [1.29, 1.82) is 0 Å². The van der Waals surface area contributed by atoms with Crippen molar-refractivity contribution in [2.75, 3.05) is 24.2 Å². The Labute approximate surface area is 159 Å². The number of hydrogen-bond acceptors (Lipinski definition) is 5. The second kappa shape index (κ2) is 8.68. The number of nitrogens with one attached hydrogen (secondary N) is 1. The Kier molecular flexibility index (Phi) is 6.57. The van der Waals surface area contributed by atoms with Gasteiger partial charge in [0.15, 0.2) is 0 Å². The summed E-state index contributed by atoms with van der Waals surface area (Å²) in [6.07, 6.45) is 1.06. The second-order valence-electron chi connectivity index (χ2n) is 6.07. The van der Waals surface area contributed by atoms with Crippen molar-refractivity contribution in [2.45, 2.75) is 13.8 Å². The van der Waals surface area contributed by atoms with Crippen LogP contribution in [0.4, 0.5) is 5.69 Å². The molecule has 0 saturated carbocycles. The van der Waals surface area contributed by atoms with Gasteiger partial charge < -0.3 is 4.74 Å². The van der Waals surface area contributed by atoms with Gasteiger partial charge >= 0.3 is 0 Å². The molecule has 144 valence electrons. The Balaban J connectivity index is 2.11. The smallest absolute Gasteiger partial charge is 0.260 e.